The quantitative estimate of drug-likeness (QED) is 0.451. The molecular weight excluding hydrogens is 348 g/mol. The average Bonchev–Trinajstić information content (AvgIpc) is 3.04. The van der Waals surface area contributed by atoms with Crippen LogP contribution >= 0.6 is 0 Å². The Hall–Kier alpha value is -0.860. The SMILES string of the molecule is COC(=O)C(=O)C[C@@H](C)[C@H]1CC[C@H]2[C@@H]3CC[C@@H]4CCCC[C@]4(C)[C@H]3CC[C@]12C. The maximum atomic E-state index is 12.2. The van der Waals surface area contributed by atoms with E-state index in [1.54, 1.807) is 0 Å². The van der Waals surface area contributed by atoms with Gasteiger partial charge in [-0.15, -0.1) is 0 Å². The lowest BCUT2D eigenvalue weighted by atomic mass is 9.44. The summed E-state index contributed by atoms with van der Waals surface area (Å²) in [7, 11) is 1.31. The zero-order valence-corrected chi connectivity index (χ0v) is 18.5. The first-order chi connectivity index (χ1) is 13.3. The van der Waals surface area contributed by atoms with E-state index >= 15 is 0 Å². The fraction of sp³-hybridized carbons (Fsp3) is 0.920. The minimum absolute atomic E-state index is 0.278. The number of fused-ring (bicyclic) bond motifs is 5. The maximum absolute atomic E-state index is 12.2. The van der Waals surface area contributed by atoms with Gasteiger partial charge in [0.15, 0.2) is 0 Å². The molecule has 4 saturated carbocycles. The van der Waals surface area contributed by atoms with E-state index in [-0.39, 0.29) is 11.7 Å². The van der Waals surface area contributed by atoms with Gasteiger partial charge in [-0.05, 0) is 97.7 Å². The standard InChI is InChI=1S/C25H40O3/c1-16(15-22(26)23(27)28-4)19-10-11-20-18-9-8-17-7-5-6-13-24(17,2)21(18)12-14-25(19,20)3/h16-21H,5-15H2,1-4H3/t16-,17+,18+,19-,20+,21+,24+,25-/m1/s1. The van der Waals surface area contributed by atoms with E-state index in [9.17, 15) is 9.59 Å². The molecule has 8 atom stereocenters. The van der Waals surface area contributed by atoms with Crippen molar-refractivity contribution < 1.29 is 14.3 Å². The van der Waals surface area contributed by atoms with E-state index in [0.717, 1.165) is 23.7 Å². The van der Waals surface area contributed by atoms with Gasteiger partial charge >= 0.3 is 5.97 Å². The van der Waals surface area contributed by atoms with Crippen LogP contribution in [-0.2, 0) is 14.3 Å². The molecule has 0 unspecified atom stereocenters. The Morgan fingerprint density at radius 1 is 0.929 bits per heavy atom. The van der Waals surface area contributed by atoms with Gasteiger partial charge in [-0.1, -0.05) is 33.6 Å². The number of hydrogen-bond acceptors (Lipinski definition) is 3. The second-order valence-electron chi connectivity index (χ2n) is 11.2. The van der Waals surface area contributed by atoms with Crippen molar-refractivity contribution in [2.75, 3.05) is 7.11 Å². The molecule has 0 saturated heterocycles. The predicted octanol–water partition coefficient (Wildman–Crippen LogP) is 5.80. The number of esters is 1. The van der Waals surface area contributed by atoms with Crippen LogP contribution < -0.4 is 0 Å². The summed E-state index contributed by atoms with van der Waals surface area (Å²) in [5.74, 6) is 3.46. The molecule has 0 radical (unpaired) electrons. The van der Waals surface area contributed by atoms with Gasteiger partial charge in [0.25, 0.3) is 0 Å². The first kappa shape index (κ1) is 20.4. The van der Waals surface area contributed by atoms with Gasteiger partial charge in [0, 0.05) is 6.42 Å². The Labute approximate surface area is 171 Å². The molecule has 0 amide bonds. The Morgan fingerprint density at radius 2 is 1.68 bits per heavy atom. The molecule has 4 fully saturated rings. The van der Waals surface area contributed by atoms with Gasteiger partial charge in [0.2, 0.25) is 5.78 Å². The van der Waals surface area contributed by atoms with Gasteiger partial charge in [-0.25, -0.2) is 4.79 Å². The van der Waals surface area contributed by atoms with Crippen molar-refractivity contribution in [3.8, 4) is 0 Å². The summed E-state index contributed by atoms with van der Waals surface area (Å²) in [4.78, 5) is 23.8. The second-order valence-corrected chi connectivity index (χ2v) is 11.2. The largest absolute Gasteiger partial charge is 0.463 e. The smallest absolute Gasteiger partial charge is 0.374 e. The van der Waals surface area contributed by atoms with E-state index in [1.165, 1.54) is 71.3 Å². The van der Waals surface area contributed by atoms with Crippen LogP contribution in [0.2, 0.25) is 0 Å². The highest BCUT2D eigenvalue weighted by atomic mass is 16.5. The van der Waals surface area contributed by atoms with Gasteiger partial charge in [0.1, 0.15) is 0 Å². The number of ether oxygens (including phenoxy) is 1. The third-order valence-corrected chi connectivity index (χ3v) is 10.3. The summed E-state index contributed by atoms with van der Waals surface area (Å²) in [5.41, 5.74) is 0.946. The molecule has 0 heterocycles. The lowest BCUT2D eigenvalue weighted by molar-refractivity contribution is -0.152. The lowest BCUT2D eigenvalue weighted by Gasteiger charge is -2.61. The lowest BCUT2D eigenvalue weighted by Crippen LogP contribution is -2.53. The van der Waals surface area contributed by atoms with Crippen LogP contribution in [-0.4, -0.2) is 18.9 Å². The summed E-state index contributed by atoms with van der Waals surface area (Å²) in [6.07, 6.45) is 14.3. The number of Topliss-reactive ketones (excluding diaryl/α,β-unsaturated/α-hetero) is 1. The third kappa shape index (κ3) is 3.06. The molecule has 158 valence electrons. The molecule has 4 aliphatic rings. The number of hydrogen-bond donors (Lipinski definition) is 0. The van der Waals surface area contributed by atoms with Crippen LogP contribution in [0.25, 0.3) is 0 Å². The molecule has 0 aliphatic heterocycles. The zero-order valence-electron chi connectivity index (χ0n) is 18.5. The van der Waals surface area contributed by atoms with Crippen LogP contribution in [0.1, 0.15) is 91.4 Å². The fourth-order valence-electron chi connectivity index (χ4n) is 8.90. The first-order valence-corrected chi connectivity index (χ1v) is 11.9. The van der Waals surface area contributed by atoms with E-state index in [2.05, 4.69) is 25.5 Å². The number of carbonyl (C=O) groups excluding carboxylic acids is 2. The van der Waals surface area contributed by atoms with Crippen molar-refractivity contribution in [3.05, 3.63) is 0 Å². The van der Waals surface area contributed by atoms with Crippen molar-refractivity contribution in [2.24, 2.45) is 46.3 Å². The molecule has 0 aromatic heterocycles. The van der Waals surface area contributed by atoms with Crippen molar-refractivity contribution in [1.82, 2.24) is 0 Å². The Morgan fingerprint density at radius 3 is 2.43 bits per heavy atom. The van der Waals surface area contributed by atoms with Crippen molar-refractivity contribution >= 4 is 11.8 Å². The monoisotopic (exact) mass is 388 g/mol. The Kier molecular flexibility index (Phi) is 5.42. The van der Waals surface area contributed by atoms with Crippen LogP contribution in [0.15, 0.2) is 0 Å². The van der Waals surface area contributed by atoms with Crippen molar-refractivity contribution in [3.63, 3.8) is 0 Å². The van der Waals surface area contributed by atoms with Gasteiger partial charge in [-0.3, -0.25) is 4.79 Å². The van der Waals surface area contributed by atoms with Gasteiger partial charge in [0.05, 0.1) is 7.11 Å². The van der Waals surface area contributed by atoms with Crippen LogP contribution in [0.3, 0.4) is 0 Å². The molecule has 4 rings (SSSR count). The van der Waals surface area contributed by atoms with E-state index in [4.69, 9.17) is 0 Å². The number of ketones is 1. The summed E-state index contributed by atoms with van der Waals surface area (Å²) in [6.45, 7) is 7.37. The molecule has 0 bridgehead atoms. The van der Waals surface area contributed by atoms with E-state index in [0.29, 0.717) is 23.2 Å². The number of carbonyl (C=O) groups is 2. The molecular formula is C25H40O3. The van der Waals surface area contributed by atoms with Crippen molar-refractivity contribution in [1.29, 1.82) is 0 Å². The van der Waals surface area contributed by atoms with E-state index in [1.807, 2.05) is 0 Å². The van der Waals surface area contributed by atoms with Crippen LogP contribution in [0.5, 0.6) is 0 Å². The summed E-state index contributed by atoms with van der Waals surface area (Å²) >= 11 is 0. The zero-order chi connectivity index (χ0) is 20.1. The molecule has 0 aromatic rings. The number of methoxy groups -OCH3 is 1. The molecule has 4 aliphatic carbocycles. The predicted molar refractivity (Wildman–Crippen MR) is 111 cm³/mol. The minimum atomic E-state index is -0.668. The van der Waals surface area contributed by atoms with Crippen LogP contribution in [0, 0.1) is 46.3 Å². The summed E-state index contributed by atoms with van der Waals surface area (Å²) < 4.78 is 4.65. The Balaban J connectivity index is 1.50. The first-order valence-electron chi connectivity index (χ1n) is 11.9. The third-order valence-electron chi connectivity index (χ3n) is 10.3. The highest BCUT2D eigenvalue weighted by Gasteiger charge is 2.60. The molecule has 0 aromatic carbocycles. The van der Waals surface area contributed by atoms with Crippen molar-refractivity contribution in [2.45, 2.75) is 91.4 Å². The second kappa shape index (κ2) is 7.43. The van der Waals surface area contributed by atoms with E-state index < -0.39 is 5.97 Å². The van der Waals surface area contributed by atoms with Crippen LogP contribution in [0.4, 0.5) is 0 Å². The number of rotatable bonds is 4. The highest BCUT2D eigenvalue weighted by Crippen LogP contribution is 2.68. The molecule has 0 spiro atoms. The minimum Gasteiger partial charge on any atom is -0.463 e. The highest BCUT2D eigenvalue weighted by molar-refractivity contribution is 6.33. The van der Waals surface area contributed by atoms with Gasteiger partial charge in [-0.2, -0.15) is 0 Å². The topological polar surface area (TPSA) is 43.4 Å². The molecule has 3 nitrogen and oxygen atoms in total. The summed E-state index contributed by atoms with van der Waals surface area (Å²) in [6, 6.07) is 0. The molecule has 0 N–H and O–H groups in total. The average molecular weight is 389 g/mol. The normalized spacial score (nSPS) is 46.1. The maximum Gasteiger partial charge on any atom is 0.374 e. The van der Waals surface area contributed by atoms with Gasteiger partial charge < -0.3 is 4.74 Å². The molecule has 3 heteroatoms. The summed E-state index contributed by atoms with van der Waals surface area (Å²) in [5, 5.41) is 0. The Bertz CT molecular complexity index is 627. The molecule has 28 heavy (non-hydrogen) atoms. The fourth-order valence-corrected chi connectivity index (χ4v) is 8.90.